The standard InChI is InChI=1S/C11H7BrO3/c1-5-4-6-7(13)2-3-8(14)9(6)11(15)10(5)12/h2-4,15H,1H3. The van der Waals surface area contributed by atoms with Gasteiger partial charge in [0.25, 0.3) is 0 Å². The van der Waals surface area contributed by atoms with Crippen LogP contribution < -0.4 is 0 Å². The van der Waals surface area contributed by atoms with E-state index in [9.17, 15) is 14.7 Å². The Labute approximate surface area is 94.5 Å². The maximum atomic E-state index is 11.5. The molecule has 0 bridgehead atoms. The molecule has 1 aromatic rings. The molecular weight excluding hydrogens is 260 g/mol. The van der Waals surface area contributed by atoms with E-state index in [0.29, 0.717) is 4.47 Å². The molecule has 1 aliphatic rings. The van der Waals surface area contributed by atoms with E-state index < -0.39 is 0 Å². The quantitative estimate of drug-likeness (QED) is 0.785. The summed E-state index contributed by atoms with van der Waals surface area (Å²) in [5.41, 5.74) is 1.07. The third-order valence-electron chi connectivity index (χ3n) is 2.32. The summed E-state index contributed by atoms with van der Waals surface area (Å²) < 4.78 is 0.456. The first kappa shape index (κ1) is 10.1. The van der Waals surface area contributed by atoms with Crippen LogP contribution in [0.2, 0.25) is 0 Å². The second-order valence-electron chi connectivity index (χ2n) is 3.34. The van der Waals surface area contributed by atoms with Crippen LogP contribution in [0, 0.1) is 6.92 Å². The second-order valence-corrected chi connectivity index (χ2v) is 4.13. The maximum Gasteiger partial charge on any atom is 0.190 e. The van der Waals surface area contributed by atoms with Gasteiger partial charge in [-0.3, -0.25) is 9.59 Å². The van der Waals surface area contributed by atoms with Crippen LogP contribution in [0.15, 0.2) is 22.7 Å². The molecule has 2 rings (SSSR count). The maximum absolute atomic E-state index is 11.5. The minimum absolute atomic E-state index is 0.0833. The van der Waals surface area contributed by atoms with Gasteiger partial charge >= 0.3 is 0 Å². The minimum Gasteiger partial charge on any atom is -0.506 e. The van der Waals surface area contributed by atoms with Crippen molar-refractivity contribution in [3.8, 4) is 5.75 Å². The summed E-state index contributed by atoms with van der Waals surface area (Å²) in [4.78, 5) is 23.0. The Balaban J connectivity index is 2.83. The number of benzene rings is 1. The summed E-state index contributed by atoms with van der Waals surface area (Å²) in [6.07, 6.45) is 2.39. The zero-order valence-electron chi connectivity index (χ0n) is 7.87. The number of ketones is 2. The molecule has 0 saturated heterocycles. The number of allylic oxidation sites excluding steroid dienone is 2. The summed E-state index contributed by atoms with van der Waals surface area (Å²) in [5, 5.41) is 9.76. The SMILES string of the molecule is Cc1cc2c(c(O)c1Br)C(=O)C=CC2=O. The van der Waals surface area contributed by atoms with Gasteiger partial charge in [-0.05, 0) is 46.6 Å². The normalized spacial score (nSPS) is 14.3. The lowest BCUT2D eigenvalue weighted by atomic mass is 9.92. The van der Waals surface area contributed by atoms with Crippen molar-refractivity contribution < 1.29 is 14.7 Å². The average molecular weight is 267 g/mol. The molecule has 0 radical (unpaired) electrons. The van der Waals surface area contributed by atoms with Gasteiger partial charge in [-0.2, -0.15) is 0 Å². The number of rotatable bonds is 0. The largest absolute Gasteiger partial charge is 0.506 e. The first-order chi connectivity index (χ1) is 7.02. The van der Waals surface area contributed by atoms with E-state index in [4.69, 9.17) is 0 Å². The van der Waals surface area contributed by atoms with E-state index in [1.807, 2.05) is 0 Å². The summed E-state index contributed by atoms with van der Waals surface area (Å²) in [6.45, 7) is 1.75. The van der Waals surface area contributed by atoms with Gasteiger partial charge in [0, 0.05) is 5.56 Å². The van der Waals surface area contributed by atoms with Gasteiger partial charge in [-0.1, -0.05) is 0 Å². The molecule has 0 amide bonds. The van der Waals surface area contributed by atoms with Crippen molar-refractivity contribution in [2.24, 2.45) is 0 Å². The highest BCUT2D eigenvalue weighted by Gasteiger charge is 2.25. The van der Waals surface area contributed by atoms with Crippen LogP contribution in [0.1, 0.15) is 26.3 Å². The van der Waals surface area contributed by atoms with Crippen molar-refractivity contribution >= 4 is 27.5 Å². The molecular formula is C11H7BrO3. The predicted octanol–water partition coefficient (Wildman–Crippen LogP) is 2.40. The zero-order valence-corrected chi connectivity index (χ0v) is 9.46. The van der Waals surface area contributed by atoms with Crippen LogP contribution in [0.25, 0.3) is 0 Å². The topological polar surface area (TPSA) is 54.4 Å². The molecule has 1 aliphatic carbocycles. The van der Waals surface area contributed by atoms with Crippen LogP contribution in [-0.4, -0.2) is 16.7 Å². The van der Waals surface area contributed by atoms with E-state index in [0.717, 1.165) is 5.56 Å². The fourth-order valence-corrected chi connectivity index (χ4v) is 1.86. The molecule has 4 heteroatoms. The van der Waals surface area contributed by atoms with Gasteiger partial charge in [0.05, 0.1) is 10.0 Å². The highest BCUT2D eigenvalue weighted by Crippen LogP contribution is 2.35. The Bertz CT molecular complexity index is 515. The van der Waals surface area contributed by atoms with E-state index >= 15 is 0 Å². The number of fused-ring (bicyclic) bond motifs is 1. The van der Waals surface area contributed by atoms with Crippen molar-refractivity contribution in [1.29, 1.82) is 0 Å². The number of hydrogen-bond donors (Lipinski definition) is 1. The van der Waals surface area contributed by atoms with E-state index in [1.54, 1.807) is 13.0 Å². The molecule has 0 saturated carbocycles. The molecule has 15 heavy (non-hydrogen) atoms. The van der Waals surface area contributed by atoms with Gasteiger partial charge in [-0.25, -0.2) is 0 Å². The molecule has 0 heterocycles. The first-order valence-electron chi connectivity index (χ1n) is 4.31. The Morgan fingerprint density at radius 2 is 1.80 bits per heavy atom. The molecule has 0 atom stereocenters. The van der Waals surface area contributed by atoms with Crippen molar-refractivity contribution in [2.75, 3.05) is 0 Å². The Morgan fingerprint density at radius 3 is 2.47 bits per heavy atom. The monoisotopic (exact) mass is 266 g/mol. The number of aryl methyl sites for hydroxylation is 1. The third kappa shape index (κ3) is 1.41. The van der Waals surface area contributed by atoms with E-state index in [2.05, 4.69) is 15.9 Å². The molecule has 0 aromatic heterocycles. The fourth-order valence-electron chi connectivity index (χ4n) is 1.54. The first-order valence-corrected chi connectivity index (χ1v) is 5.10. The molecule has 0 fully saturated rings. The average Bonchev–Trinajstić information content (AvgIpc) is 2.20. The van der Waals surface area contributed by atoms with Crippen molar-refractivity contribution in [2.45, 2.75) is 6.92 Å². The lowest BCUT2D eigenvalue weighted by Crippen LogP contribution is -2.12. The molecule has 1 N–H and O–H groups in total. The van der Waals surface area contributed by atoms with Gasteiger partial charge < -0.3 is 5.11 Å². The summed E-state index contributed by atoms with van der Waals surface area (Å²) in [6, 6.07) is 1.60. The van der Waals surface area contributed by atoms with Gasteiger partial charge in [-0.15, -0.1) is 0 Å². The van der Waals surface area contributed by atoms with Crippen LogP contribution in [0.4, 0.5) is 0 Å². The molecule has 3 nitrogen and oxygen atoms in total. The lowest BCUT2D eigenvalue weighted by molar-refractivity contribution is 0.0991. The highest BCUT2D eigenvalue weighted by molar-refractivity contribution is 9.10. The molecule has 0 spiro atoms. The number of aromatic hydroxyl groups is 1. The van der Waals surface area contributed by atoms with Gasteiger partial charge in [0.15, 0.2) is 11.6 Å². The number of hydrogen-bond acceptors (Lipinski definition) is 3. The highest BCUT2D eigenvalue weighted by atomic mass is 79.9. The fraction of sp³-hybridized carbons (Fsp3) is 0.0909. The minimum atomic E-state index is -0.345. The Morgan fingerprint density at radius 1 is 1.20 bits per heavy atom. The molecule has 76 valence electrons. The van der Waals surface area contributed by atoms with E-state index in [-0.39, 0.29) is 28.4 Å². The number of carbonyl (C=O) groups excluding carboxylic acids is 2. The number of carbonyl (C=O) groups is 2. The van der Waals surface area contributed by atoms with Crippen molar-refractivity contribution in [1.82, 2.24) is 0 Å². The predicted molar refractivity (Wildman–Crippen MR) is 58.3 cm³/mol. The summed E-state index contributed by atoms with van der Waals surface area (Å²) in [5.74, 6) is -0.758. The van der Waals surface area contributed by atoms with E-state index in [1.165, 1.54) is 12.2 Å². The molecule has 0 unspecified atom stereocenters. The number of halogens is 1. The molecule has 1 aromatic carbocycles. The number of phenolic OH excluding ortho intramolecular Hbond substituents is 1. The van der Waals surface area contributed by atoms with Crippen LogP contribution >= 0.6 is 15.9 Å². The van der Waals surface area contributed by atoms with Crippen LogP contribution in [0.5, 0.6) is 5.75 Å². The number of phenols is 1. The van der Waals surface area contributed by atoms with Crippen molar-refractivity contribution in [3.05, 3.63) is 39.4 Å². The van der Waals surface area contributed by atoms with Gasteiger partial charge in [0.1, 0.15) is 5.75 Å². The van der Waals surface area contributed by atoms with Gasteiger partial charge in [0.2, 0.25) is 0 Å². The second kappa shape index (κ2) is 3.31. The lowest BCUT2D eigenvalue weighted by Gasteiger charge is -2.13. The third-order valence-corrected chi connectivity index (χ3v) is 3.32. The van der Waals surface area contributed by atoms with Crippen LogP contribution in [0.3, 0.4) is 0 Å². The van der Waals surface area contributed by atoms with Crippen molar-refractivity contribution in [3.63, 3.8) is 0 Å². The Kier molecular flexibility index (Phi) is 2.23. The summed E-state index contributed by atoms with van der Waals surface area (Å²) in [7, 11) is 0. The Hall–Kier alpha value is -1.42. The van der Waals surface area contributed by atoms with Crippen LogP contribution in [-0.2, 0) is 0 Å². The molecule has 0 aliphatic heterocycles. The zero-order chi connectivity index (χ0) is 11.2. The summed E-state index contributed by atoms with van der Waals surface area (Å²) >= 11 is 3.17. The smallest absolute Gasteiger partial charge is 0.190 e.